The normalized spacial score (nSPS) is 14.3. The van der Waals surface area contributed by atoms with E-state index in [0.717, 1.165) is 23.7 Å². The summed E-state index contributed by atoms with van der Waals surface area (Å²) in [6.07, 6.45) is 2.87. The van der Waals surface area contributed by atoms with E-state index in [2.05, 4.69) is 10.1 Å². The molecule has 0 spiro atoms. The van der Waals surface area contributed by atoms with Crippen LogP contribution in [0.3, 0.4) is 0 Å². The highest BCUT2D eigenvalue weighted by Crippen LogP contribution is 2.34. The topological polar surface area (TPSA) is 129 Å². The van der Waals surface area contributed by atoms with E-state index >= 15 is 0 Å². The lowest BCUT2D eigenvalue weighted by molar-refractivity contribution is 0.100. The van der Waals surface area contributed by atoms with Gasteiger partial charge in [0.25, 0.3) is 5.91 Å². The largest absolute Gasteiger partial charge is 0.474 e. The summed E-state index contributed by atoms with van der Waals surface area (Å²) in [5.74, 6) is 0.164. The van der Waals surface area contributed by atoms with E-state index in [1.54, 1.807) is 4.68 Å². The van der Waals surface area contributed by atoms with Crippen LogP contribution in [-0.4, -0.2) is 38.5 Å². The number of aromatic nitrogens is 3. The summed E-state index contributed by atoms with van der Waals surface area (Å²) in [5, 5.41) is 14.9. The molecule has 0 atom stereocenters. The molecular formula is C21H25N5O3. The molecule has 1 fully saturated rings. The van der Waals surface area contributed by atoms with Crippen LogP contribution in [-0.2, 0) is 5.54 Å². The van der Waals surface area contributed by atoms with Gasteiger partial charge in [0, 0.05) is 23.6 Å². The lowest BCUT2D eigenvalue weighted by atomic mass is 10.0. The molecule has 2 aromatic heterocycles. The molecule has 8 nitrogen and oxygen atoms in total. The Hall–Kier alpha value is -3.13. The fourth-order valence-corrected chi connectivity index (χ4v) is 3.39. The second-order valence-electron chi connectivity index (χ2n) is 8.05. The van der Waals surface area contributed by atoms with Gasteiger partial charge in [0.2, 0.25) is 5.88 Å². The van der Waals surface area contributed by atoms with Gasteiger partial charge in [-0.25, -0.2) is 9.67 Å². The predicted molar refractivity (Wildman–Crippen MR) is 111 cm³/mol. The van der Waals surface area contributed by atoms with Crippen molar-refractivity contribution in [1.82, 2.24) is 14.8 Å². The number of hydrogen-bond donors (Lipinski definition) is 3. The van der Waals surface area contributed by atoms with Crippen molar-refractivity contribution in [1.29, 1.82) is 0 Å². The Kier molecular flexibility index (Phi) is 4.66. The standard InChI is InChI=1S/C21H25N5O3/c1-21(2,9-10-27)26-19(22)17(20(23)28)18(25-26)13-3-7-15-12(11-13)4-8-16(24-15)29-14-5-6-14/h3-4,7-8,11,14,27H,5-6,9-10,22H2,1-2H3,(H2,23,28). The quantitative estimate of drug-likeness (QED) is 0.563. The first-order chi connectivity index (χ1) is 13.8. The molecule has 4 rings (SSSR count). The van der Waals surface area contributed by atoms with Crippen molar-refractivity contribution in [2.75, 3.05) is 12.3 Å². The Morgan fingerprint density at radius 1 is 1.31 bits per heavy atom. The molecule has 0 unspecified atom stereocenters. The smallest absolute Gasteiger partial charge is 0.254 e. The third kappa shape index (κ3) is 3.63. The summed E-state index contributed by atoms with van der Waals surface area (Å²) < 4.78 is 7.32. The number of amides is 1. The van der Waals surface area contributed by atoms with Crippen molar-refractivity contribution in [2.45, 2.75) is 44.8 Å². The fourth-order valence-electron chi connectivity index (χ4n) is 3.39. The minimum Gasteiger partial charge on any atom is -0.474 e. The van der Waals surface area contributed by atoms with Gasteiger partial charge >= 0.3 is 0 Å². The van der Waals surface area contributed by atoms with E-state index < -0.39 is 11.4 Å². The molecule has 152 valence electrons. The number of aliphatic hydroxyl groups excluding tert-OH is 1. The average molecular weight is 395 g/mol. The van der Waals surface area contributed by atoms with Gasteiger partial charge in [0.15, 0.2) is 0 Å². The number of ether oxygens (including phenoxy) is 1. The number of primary amides is 1. The molecule has 2 heterocycles. The number of nitrogens with two attached hydrogens (primary N) is 2. The maximum absolute atomic E-state index is 12.1. The van der Waals surface area contributed by atoms with E-state index in [0.29, 0.717) is 23.6 Å². The maximum Gasteiger partial charge on any atom is 0.254 e. The number of nitrogen functional groups attached to an aromatic ring is 1. The van der Waals surface area contributed by atoms with Crippen LogP contribution in [0.1, 0.15) is 43.5 Å². The lowest BCUT2D eigenvalue weighted by Crippen LogP contribution is -2.30. The number of nitrogens with zero attached hydrogens (tertiary/aromatic N) is 3. The second kappa shape index (κ2) is 7.04. The first kappa shape index (κ1) is 19.2. The maximum atomic E-state index is 12.1. The number of benzene rings is 1. The molecule has 1 aliphatic carbocycles. The second-order valence-corrected chi connectivity index (χ2v) is 8.05. The third-order valence-electron chi connectivity index (χ3n) is 5.21. The Labute approximate surface area is 168 Å². The summed E-state index contributed by atoms with van der Waals surface area (Å²) in [4.78, 5) is 16.7. The molecule has 0 aliphatic heterocycles. The van der Waals surface area contributed by atoms with Crippen LogP contribution in [0.15, 0.2) is 30.3 Å². The summed E-state index contributed by atoms with van der Waals surface area (Å²) in [6.45, 7) is 3.76. The number of carbonyl (C=O) groups is 1. The van der Waals surface area contributed by atoms with Crippen LogP contribution in [0.2, 0.25) is 0 Å². The summed E-state index contributed by atoms with van der Waals surface area (Å²) in [6, 6.07) is 9.39. The highest BCUT2D eigenvalue weighted by Gasteiger charge is 2.29. The molecule has 0 radical (unpaired) electrons. The van der Waals surface area contributed by atoms with Gasteiger partial charge in [-0.05, 0) is 51.3 Å². The predicted octanol–water partition coefficient (Wildman–Crippen LogP) is 2.44. The number of carbonyl (C=O) groups excluding carboxylic acids is 1. The zero-order valence-electron chi connectivity index (χ0n) is 16.6. The van der Waals surface area contributed by atoms with Crippen LogP contribution >= 0.6 is 0 Å². The Bertz CT molecular complexity index is 1090. The van der Waals surface area contributed by atoms with Crippen LogP contribution in [0.25, 0.3) is 22.2 Å². The van der Waals surface area contributed by atoms with Gasteiger partial charge in [-0.15, -0.1) is 0 Å². The van der Waals surface area contributed by atoms with Gasteiger partial charge in [-0.2, -0.15) is 5.10 Å². The highest BCUT2D eigenvalue weighted by molar-refractivity contribution is 6.04. The molecule has 1 aromatic carbocycles. The van der Waals surface area contributed by atoms with Gasteiger partial charge in [0.1, 0.15) is 23.2 Å². The zero-order valence-corrected chi connectivity index (χ0v) is 16.6. The lowest BCUT2D eigenvalue weighted by Gasteiger charge is -2.25. The first-order valence-corrected chi connectivity index (χ1v) is 9.67. The monoisotopic (exact) mass is 395 g/mol. The van der Waals surface area contributed by atoms with Gasteiger partial charge in [-0.3, -0.25) is 4.79 Å². The van der Waals surface area contributed by atoms with Crippen LogP contribution in [0.5, 0.6) is 5.88 Å². The molecule has 29 heavy (non-hydrogen) atoms. The molecular weight excluding hydrogens is 370 g/mol. The number of hydrogen-bond acceptors (Lipinski definition) is 6. The molecule has 0 saturated heterocycles. The molecule has 1 amide bonds. The first-order valence-electron chi connectivity index (χ1n) is 9.67. The van der Waals surface area contributed by atoms with Crippen LogP contribution in [0.4, 0.5) is 5.82 Å². The van der Waals surface area contributed by atoms with Crippen LogP contribution < -0.4 is 16.2 Å². The Balaban J connectivity index is 1.78. The fraction of sp³-hybridized carbons (Fsp3) is 0.381. The number of pyridine rings is 1. The van der Waals surface area contributed by atoms with E-state index in [1.165, 1.54) is 0 Å². The molecule has 8 heteroatoms. The number of fused-ring (bicyclic) bond motifs is 1. The molecule has 3 aromatic rings. The minimum absolute atomic E-state index is 0.0273. The van der Waals surface area contributed by atoms with Crippen molar-refractivity contribution in [2.24, 2.45) is 5.73 Å². The van der Waals surface area contributed by atoms with Gasteiger partial charge < -0.3 is 21.3 Å². The minimum atomic E-state index is -0.644. The third-order valence-corrected chi connectivity index (χ3v) is 5.21. The van der Waals surface area contributed by atoms with Gasteiger partial charge in [-0.1, -0.05) is 6.07 Å². The number of rotatable bonds is 7. The van der Waals surface area contributed by atoms with Crippen molar-refractivity contribution in [3.8, 4) is 17.1 Å². The van der Waals surface area contributed by atoms with E-state index in [-0.39, 0.29) is 24.1 Å². The summed E-state index contributed by atoms with van der Waals surface area (Å²) >= 11 is 0. The van der Waals surface area contributed by atoms with Crippen molar-refractivity contribution in [3.05, 3.63) is 35.9 Å². The number of anilines is 1. The van der Waals surface area contributed by atoms with E-state index in [9.17, 15) is 9.90 Å². The Morgan fingerprint density at radius 2 is 2.07 bits per heavy atom. The SMILES string of the molecule is CC(C)(CCO)n1nc(-c2ccc3nc(OC4CC4)ccc3c2)c(C(N)=O)c1N. The van der Waals surface area contributed by atoms with E-state index in [4.69, 9.17) is 16.2 Å². The highest BCUT2D eigenvalue weighted by atomic mass is 16.5. The number of aliphatic hydroxyl groups is 1. The Morgan fingerprint density at radius 3 is 2.72 bits per heavy atom. The van der Waals surface area contributed by atoms with Crippen molar-refractivity contribution in [3.63, 3.8) is 0 Å². The van der Waals surface area contributed by atoms with Gasteiger partial charge in [0.05, 0.1) is 11.1 Å². The molecule has 5 N–H and O–H groups in total. The average Bonchev–Trinajstić information content (AvgIpc) is 3.40. The molecule has 0 bridgehead atoms. The van der Waals surface area contributed by atoms with E-state index in [1.807, 2.05) is 44.2 Å². The summed E-state index contributed by atoms with van der Waals surface area (Å²) in [5.41, 5.74) is 13.4. The summed E-state index contributed by atoms with van der Waals surface area (Å²) in [7, 11) is 0. The zero-order chi connectivity index (χ0) is 20.8. The van der Waals surface area contributed by atoms with Crippen LogP contribution in [0, 0.1) is 0 Å². The molecule has 1 saturated carbocycles. The van der Waals surface area contributed by atoms with Crippen molar-refractivity contribution < 1.29 is 14.6 Å². The van der Waals surface area contributed by atoms with Crippen molar-refractivity contribution >= 4 is 22.6 Å². The molecule has 1 aliphatic rings.